The summed E-state index contributed by atoms with van der Waals surface area (Å²) in [6, 6.07) is 13.0. The van der Waals surface area contributed by atoms with Crippen molar-refractivity contribution < 1.29 is 17.9 Å². The normalized spacial score (nSPS) is 17.4. The van der Waals surface area contributed by atoms with Crippen LogP contribution in [-0.4, -0.2) is 32.7 Å². The molecule has 31 heavy (non-hydrogen) atoms. The highest BCUT2D eigenvalue weighted by molar-refractivity contribution is 7.92. The van der Waals surface area contributed by atoms with Gasteiger partial charge in [0.15, 0.2) is 0 Å². The lowest BCUT2D eigenvalue weighted by Crippen LogP contribution is -2.47. The van der Waals surface area contributed by atoms with E-state index in [1.807, 2.05) is 44.2 Å². The van der Waals surface area contributed by atoms with E-state index in [1.54, 1.807) is 12.1 Å². The van der Waals surface area contributed by atoms with E-state index in [0.717, 1.165) is 41.5 Å². The zero-order chi connectivity index (χ0) is 22.8. The van der Waals surface area contributed by atoms with Gasteiger partial charge in [-0.1, -0.05) is 38.1 Å². The number of hydrogen-bond donors (Lipinski definition) is 1. The SMILES string of the molecule is CCC1(CC)C[C@H](NC(=O)CN(c2cc(C)cc(C)c2)S(C)(=O)=O)c2ccccc2O1. The maximum Gasteiger partial charge on any atom is 0.241 e. The second-order valence-corrected chi connectivity index (χ2v) is 10.4. The Labute approximate surface area is 185 Å². The fourth-order valence-electron chi connectivity index (χ4n) is 4.30. The molecule has 7 heteroatoms. The van der Waals surface area contributed by atoms with E-state index >= 15 is 0 Å². The molecule has 2 aromatic carbocycles. The molecule has 1 heterocycles. The number of rotatable bonds is 7. The lowest BCUT2D eigenvalue weighted by molar-refractivity contribution is -0.121. The van der Waals surface area contributed by atoms with Crippen molar-refractivity contribution in [1.82, 2.24) is 5.32 Å². The van der Waals surface area contributed by atoms with Crippen LogP contribution in [-0.2, 0) is 14.8 Å². The fourth-order valence-corrected chi connectivity index (χ4v) is 5.14. The van der Waals surface area contributed by atoms with E-state index < -0.39 is 10.0 Å². The molecule has 3 rings (SSSR count). The van der Waals surface area contributed by atoms with Crippen molar-refractivity contribution in [3.63, 3.8) is 0 Å². The number of benzene rings is 2. The zero-order valence-electron chi connectivity index (χ0n) is 18.9. The number of nitrogens with one attached hydrogen (secondary N) is 1. The maximum absolute atomic E-state index is 13.1. The Bertz CT molecular complexity index is 1040. The summed E-state index contributed by atoms with van der Waals surface area (Å²) in [5, 5.41) is 3.07. The Hall–Kier alpha value is -2.54. The van der Waals surface area contributed by atoms with Gasteiger partial charge in [-0.3, -0.25) is 9.10 Å². The van der Waals surface area contributed by atoms with Crippen molar-refractivity contribution in [2.24, 2.45) is 0 Å². The summed E-state index contributed by atoms with van der Waals surface area (Å²) in [7, 11) is -3.63. The summed E-state index contributed by atoms with van der Waals surface area (Å²) < 4.78 is 32.5. The number of fused-ring (bicyclic) bond motifs is 1. The van der Waals surface area contributed by atoms with Crippen molar-refractivity contribution in [1.29, 1.82) is 0 Å². The number of nitrogens with zero attached hydrogens (tertiary/aromatic N) is 1. The molecule has 0 aliphatic carbocycles. The van der Waals surface area contributed by atoms with Gasteiger partial charge in [-0.05, 0) is 56.0 Å². The number of anilines is 1. The molecule has 0 saturated carbocycles. The number of sulfonamides is 1. The third-order valence-electron chi connectivity index (χ3n) is 6.00. The lowest BCUT2D eigenvalue weighted by Gasteiger charge is -2.41. The Morgan fingerprint density at radius 2 is 1.74 bits per heavy atom. The third-order valence-corrected chi connectivity index (χ3v) is 7.14. The predicted molar refractivity (Wildman–Crippen MR) is 124 cm³/mol. The molecule has 168 valence electrons. The summed E-state index contributed by atoms with van der Waals surface area (Å²) in [5.74, 6) is 0.435. The second-order valence-electron chi connectivity index (χ2n) is 8.47. The molecule has 1 amide bonds. The summed E-state index contributed by atoms with van der Waals surface area (Å²) in [6.07, 6.45) is 3.41. The van der Waals surface area contributed by atoms with Crippen LogP contribution in [0.25, 0.3) is 0 Å². The first kappa shape index (κ1) is 23.1. The maximum atomic E-state index is 13.1. The van der Waals surface area contributed by atoms with Crippen LogP contribution in [0.15, 0.2) is 42.5 Å². The van der Waals surface area contributed by atoms with Crippen LogP contribution in [0.1, 0.15) is 55.8 Å². The molecule has 1 N–H and O–H groups in total. The minimum atomic E-state index is -3.63. The molecular weight excluding hydrogens is 412 g/mol. The average Bonchev–Trinajstić information content (AvgIpc) is 2.70. The quantitative estimate of drug-likeness (QED) is 0.692. The number of carbonyl (C=O) groups is 1. The molecule has 1 aliphatic heterocycles. The van der Waals surface area contributed by atoms with Crippen molar-refractivity contribution in [3.8, 4) is 5.75 Å². The standard InChI is InChI=1S/C24H32N2O4S/c1-6-24(7-2)15-21(20-10-8-9-11-22(20)30-24)25-23(27)16-26(31(5,28)29)19-13-17(3)12-18(4)14-19/h8-14,21H,6-7,15-16H2,1-5H3,(H,25,27)/t21-/m0/s1. The van der Waals surface area contributed by atoms with Crippen LogP contribution in [0.4, 0.5) is 5.69 Å². The Morgan fingerprint density at radius 1 is 1.13 bits per heavy atom. The van der Waals surface area contributed by atoms with Crippen LogP contribution >= 0.6 is 0 Å². The summed E-state index contributed by atoms with van der Waals surface area (Å²) >= 11 is 0. The van der Waals surface area contributed by atoms with Gasteiger partial charge in [0.25, 0.3) is 0 Å². The number of amides is 1. The van der Waals surface area contributed by atoms with Crippen LogP contribution in [0.2, 0.25) is 0 Å². The smallest absolute Gasteiger partial charge is 0.241 e. The van der Waals surface area contributed by atoms with Crippen LogP contribution in [0, 0.1) is 13.8 Å². The number of hydrogen-bond acceptors (Lipinski definition) is 4. The molecule has 0 saturated heterocycles. The van der Waals surface area contributed by atoms with Crippen molar-refractivity contribution in [3.05, 3.63) is 59.2 Å². The van der Waals surface area contributed by atoms with Gasteiger partial charge < -0.3 is 10.1 Å². The first-order chi connectivity index (χ1) is 14.6. The topological polar surface area (TPSA) is 75.7 Å². The highest BCUT2D eigenvalue weighted by atomic mass is 32.2. The first-order valence-corrected chi connectivity index (χ1v) is 12.5. The van der Waals surface area contributed by atoms with E-state index in [1.165, 1.54) is 4.31 Å². The molecule has 1 atom stereocenters. The molecular formula is C24H32N2O4S. The van der Waals surface area contributed by atoms with Crippen LogP contribution in [0.3, 0.4) is 0 Å². The largest absolute Gasteiger partial charge is 0.487 e. The predicted octanol–water partition coefficient (Wildman–Crippen LogP) is 4.27. The van der Waals surface area contributed by atoms with Crippen molar-refractivity contribution >= 4 is 21.6 Å². The number of carbonyl (C=O) groups excluding carboxylic acids is 1. The molecule has 0 spiro atoms. The lowest BCUT2D eigenvalue weighted by atomic mass is 9.83. The molecule has 0 unspecified atom stereocenters. The van der Waals surface area contributed by atoms with Gasteiger partial charge in [-0.25, -0.2) is 8.42 Å². The van der Waals surface area contributed by atoms with Gasteiger partial charge >= 0.3 is 0 Å². The molecule has 0 aromatic heterocycles. The highest BCUT2D eigenvalue weighted by Gasteiger charge is 2.39. The molecule has 0 bridgehead atoms. The van der Waals surface area contributed by atoms with Crippen LogP contribution in [0.5, 0.6) is 5.75 Å². The van der Waals surface area contributed by atoms with Gasteiger partial charge in [-0.2, -0.15) is 0 Å². The Kier molecular flexibility index (Phi) is 6.65. The molecule has 6 nitrogen and oxygen atoms in total. The van der Waals surface area contributed by atoms with E-state index in [2.05, 4.69) is 19.2 Å². The summed E-state index contributed by atoms with van der Waals surface area (Å²) in [6.45, 7) is 7.71. The molecule has 0 fully saturated rings. The first-order valence-electron chi connectivity index (χ1n) is 10.7. The zero-order valence-corrected chi connectivity index (χ0v) is 19.8. The monoisotopic (exact) mass is 444 g/mol. The minimum Gasteiger partial charge on any atom is -0.487 e. The molecule has 2 aromatic rings. The number of para-hydroxylation sites is 1. The highest BCUT2D eigenvalue weighted by Crippen LogP contribution is 2.42. The minimum absolute atomic E-state index is 0.238. The third kappa shape index (κ3) is 5.21. The van der Waals surface area contributed by atoms with Gasteiger partial charge in [0.2, 0.25) is 15.9 Å². The number of ether oxygens (including phenoxy) is 1. The fraction of sp³-hybridized carbons (Fsp3) is 0.458. The Balaban J connectivity index is 1.87. The molecule has 1 aliphatic rings. The van der Waals surface area contributed by atoms with E-state index in [4.69, 9.17) is 4.74 Å². The van der Waals surface area contributed by atoms with Crippen molar-refractivity contribution in [2.75, 3.05) is 17.1 Å². The van der Waals surface area contributed by atoms with Gasteiger partial charge in [0, 0.05) is 12.0 Å². The van der Waals surface area contributed by atoms with Gasteiger partial charge in [-0.15, -0.1) is 0 Å². The van der Waals surface area contributed by atoms with E-state index in [-0.39, 0.29) is 24.1 Å². The van der Waals surface area contributed by atoms with E-state index in [0.29, 0.717) is 12.1 Å². The van der Waals surface area contributed by atoms with Gasteiger partial charge in [0.05, 0.1) is 18.0 Å². The van der Waals surface area contributed by atoms with E-state index in [9.17, 15) is 13.2 Å². The second kappa shape index (κ2) is 8.91. The van der Waals surface area contributed by atoms with Crippen molar-refractivity contribution in [2.45, 2.75) is 58.6 Å². The summed E-state index contributed by atoms with van der Waals surface area (Å²) in [5.41, 5.74) is 2.96. The van der Waals surface area contributed by atoms with Gasteiger partial charge in [0.1, 0.15) is 17.9 Å². The number of aryl methyl sites for hydroxylation is 2. The molecule has 0 radical (unpaired) electrons. The van der Waals surface area contributed by atoms with Crippen LogP contribution < -0.4 is 14.4 Å². The average molecular weight is 445 g/mol. The Morgan fingerprint density at radius 3 is 2.32 bits per heavy atom. The summed E-state index contributed by atoms with van der Waals surface area (Å²) in [4.78, 5) is 13.1.